The molecule has 3 amide bonds. The average molecular weight is 525 g/mol. The molecular formula is C28H40N6O2S. The van der Waals surface area contributed by atoms with Crippen molar-refractivity contribution in [2.45, 2.75) is 68.7 Å². The minimum absolute atomic E-state index is 0.0378. The summed E-state index contributed by atoms with van der Waals surface area (Å²) in [7, 11) is 0. The number of thioether (sulfide) groups is 1. The second-order valence-electron chi connectivity index (χ2n) is 9.91. The van der Waals surface area contributed by atoms with Gasteiger partial charge in [0.05, 0.1) is 12.1 Å². The number of fused-ring (bicyclic) bond motifs is 1. The van der Waals surface area contributed by atoms with Gasteiger partial charge in [-0.3, -0.25) is 14.8 Å². The van der Waals surface area contributed by atoms with Crippen LogP contribution in [0.3, 0.4) is 0 Å². The van der Waals surface area contributed by atoms with Crippen LogP contribution >= 0.6 is 11.8 Å². The Hall–Kier alpha value is -2.65. The van der Waals surface area contributed by atoms with Crippen LogP contribution < -0.4 is 16.0 Å². The number of nitrogens with one attached hydrogen (secondary N) is 3. The molecule has 0 bridgehead atoms. The molecule has 2 aromatic rings. The first-order valence-corrected chi connectivity index (χ1v) is 14.7. The Morgan fingerprint density at radius 1 is 0.946 bits per heavy atom. The van der Waals surface area contributed by atoms with Crippen molar-refractivity contribution in [2.24, 2.45) is 0 Å². The first-order chi connectivity index (χ1) is 18.2. The summed E-state index contributed by atoms with van der Waals surface area (Å²) in [5.41, 5.74) is 2.24. The molecule has 2 saturated heterocycles. The second kappa shape index (κ2) is 14.9. The number of carbonyl (C=O) groups is 2. The van der Waals surface area contributed by atoms with Crippen molar-refractivity contribution in [3.05, 3.63) is 60.2 Å². The van der Waals surface area contributed by atoms with Crippen LogP contribution in [0, 0.1) is 0 Å². The van der Waals surface area contributed by atoms with Gasteiger partial charge in [-0.1, -0.05) is 18.6 Å². The van der Waals surface area contributed by atoms with Crippen LogP contribution in [-0.2, 0) is 17.6 Å². The Morgan fingerprint density at radius 2 is 1.68 bits per heavy atom. The second-order valence-corrected chi connectivity index (χ2v) is 11.2. The highest BCUT2D eigenvalue weighted by molar-refractivity contribution is 8.00. The van der Waals surface area contributed by atoms with Gasteiger partial charge in [0.2, 0.25) is 5.91 Å². The summed E-state index contributed by atoms with van der Waals surface area (Å²) >= 11 is 1.93. The first-order valence-electron chi connectivity index (χ1n) is 13.6. The molecule has 3 N–H and O–H groups in total. The zero-order chi connectivity index (χ0) is 25.7. The number of hydrogen-bond acceptors (Lipinski definition) is 6. The van der Waals surface area contributed by atoms with Crippen molar-refractivity contribution in [3.8, 4) is 0 Å². The van der Waals surface area contributed by atoms with E-state index in [2.05, 4.69) is 43.0 Å². The van der Waals surface area contributed by atoms with Crippen molar-refractivity contribution in [2.75, 3.05) is 31.9 Å². The largest absolute Gasteiger partial charge is 0.356 e. The van der Waals surface area contributed by atoms with Crippen molar-refractivity contribution >= 4 is 23.7 Å². The van der Waals surface area contributed by atoms with E-state index in [4.69, 9.17) is 0 Å². The summed E-state index contributed by atoms with van der Waals surface area (Å²) in [5.74, 6) is 1.13. The lowest BCUT2D eigenvalue weighted by Crippen LogP contribution is -2.36. The molecule has 2 aliphatic rings. The highest BCUT2D eigenvalue weighted by atomic mass is 32.2. The Labute approximate surface area is 224 Å². The highest BCUT2D eigenvalue weighted by Gasteiger charge is 2.42. The van der Waals surface area contributed by atoms with Gasteiger partial charge in [-0.2, -0.15) is 11.8 Å². The zero-order valence-electron chi connectivity index (χ0n) is 21.6. The lowest BCUT2D eigenvalue weighted by Gasteiger charge is -2.22. The predicted octanol–water partition coefficient (Wildman–Crippen LogP) is 3.19. The molecule has 3 atom stereocenters. The lowest BCUT2D eigenvalue weighted by atomic mass is 10.0. The third-order valence-electron chi connectivity index (χ3n) is 7.12. The van der Waals surface area contributed by atoms with Gasteiger partial charge < -0.3 is 20.9 Å². The molecule has 0 spiro atoms. The summed E-state index contributed by atoms with van der Waals surface area (Å²) in [6.07, 6.45) is 11.1. The van der Waals surface area contributed by atoms with Gasteiger partial charge in [-0.15, -0.1) is 0 Å². The van der Waals surface area contributed by atoms with Gasteiger partial charge in [0, 0.05) is 73.7 Å². The van der Waals surface area contributed by atoms with Crippen LogP contribution in [0.2, 0.25) is 0 Å². The van der Waals surface area contributed by atoms with Gasteiger partial charge in [0.1, 0.15) is 0 Å². The maximum atomic E-state index is 12.3. The van der Waals surface area contributed by atoms with E-state index in [1.54, 1.807) is 0 Å². The van der Waals surface area contributed by atoms with Crippen LogP contribution in [0.1, 0.15) is 49.9 Å². The van der Waals surface area contributed by atoms with Crippen molar-refractivity contribution in [3.63, 3.8) is 0 Å². The molecule has 4 rings (SSSR count). The summed E-state index contributed by atoms with van der Waals surface area (Å²) in [6, 6.07) is 12.6. The molecule has 0 radical (unpaired) electrons. The van der Waals surface area contributed by atoms with Crippen LogP contribution in [0.15, 0.2) is 48.8 Å². The van der Waals surface area contributed by atoms with Gasteiger partial charge in [0.15, 0.2) is 0 Å². The molecule has 37 heavy (non-hydrogen) atoms. The van der Waals surface area contributed by atoms with Crippen molar-refractivity contribution < 1.29 is 9.59 Å². The predicted molar refractivity (Wildman–Crippen MR) is 149 cm³/mol. The van der Waals surface area contributed by atoms with E-state index in [1.807, 2.05) is 48.4 Å². The summed E-state index contributed by atoms with van der Waals surface area (Å²) < 4.78 is 0. The molecule has 200 valence electrons. The number of unbranched alkanes of at least 4 members (excludes halogenated alkanes) is 2. The molecule has 2 aromatic heterocycles. The fraction of sp³-hybridized carbons (Fsp3) is 0.571. The topological polar surface area (TPSA) is 99.2 Å². The minimum atomic E-state index is -0.0378. The Kier molecular flexibility index (Phi) is 11.1. The monoisotopic (exact) mass is 524 g/mol. The Morgan fingerprint density at radius 3 is 2.35 bits per heavy atom. The number of carbonyl (C=O) groups excluding carboxylic acids is 2. The summed E-state index contributed by atoms with van der Waals surface area (Å²) in [6.45, 7) is 3.67. The van der Waals surface area contributed by atoms with E-state index in [1.165, 1.54) is 0 Å². The van der Waals surface area contributed by atoms with Crippen molar-refractivity contribution in [1.82, 2.24) is 30.8 Å². The standard InChI is InChI=1S/C28H40N6O2S/c35-26(12-2-1-11-25-27-24(21-37-25)32-28(36)33-27)31-17-7-8-18-34(19-13-22-9-3-5-15-29-22)20-14-23-10-4-6-16-30-23/h3-6,9-10,15-16,24-25,27H,1-2,7-8,11-14,17-21H2,(H,31,35)(H2,32,33,36)/t24-,25-,27-/m0/s1. The number of pyridine rings is 2. The highest BCUT2D eigenvalue weighted by Crippen LogP contribution is 2.33. The molecule has 8 nitrogen and oxygen atoms in total. The number of aromatic nitrogens is 2. The smallest absolute Gasteiger partial charge is 0.315 e. The zero-order valence-corrected chi connectivity index (χ0v) is 22.4. The van der Waals surface area contributed by atoms with E-state index in [9.17, 15) is 9.59 Å². The van der Waals surface area contributed by atoms with Gasteiger partial charge in [-0.25, -0.2) is 4.79 Å². The Bertz CT molecular complexity index is 920. The van der Waals surface area contributed by atoms with Crippen LogP contribution in [0.4, 0.5) is 4.79 Å². The molecule has 0 aromatic carbocycles. The van der Waals surface area contributed by atoms with E-state index in [0.717, 1.165) is 88.3 Å². The normalized spacial score (nSPS) is 20.5. The summed E-state index contributed by atoms with van der Waals surface area (Å²) in [4.78, 5) is 35.2. The van der Waals surface area contributed by atoms with E-state index in [-0.39, 0.29) is 24.0 Å². The average Bonchev–Trinajstić information content (AvgIpc) is 3.48. The quantitative estimate of drug-likeness (QED) is 0.230. The minimum Gasteiger partial charge on any atom is -0.356 e. The molecule has 9 heteroatoms. The molecular weight excluding hydrogens is 484 g/mol. The maximum absolute atomic E-state index is 12.3. The fourth-order valence-corrected chi connectivity index (χ4v) is 6.57. The van der Waals surface area contributed by atoms with Gasteiger partial charge in [-0.05, 0) is 56.5 Å². The number of urea groups is 1. The fourth-order valence-electron chi connectivity index (χ4n) is 5.02. The van der Waals surface area contributed by atoms with E-state index < -0.39 is 0 Å². The third kappa shape index (κ3) is 9.31. The van der Waals surface area contributed by atoms with Crippen LogP contribution in [0.5, 0.6) is 0 Å². The number of amides is 3. The van der Waals surface area contributed by atoms with E-state index in [0.29, 0.717) is 11.7 Å². The lowest BCUT2D eigenvalue weighted by molar-refractivity contribution is -0.121. The number of nitrogens with zero attached hydrogens (tertiary/aromatic N) is 3. The maximum Gasteiger partial charge on any atom is 0.315 e. The first kappa shape index (κ1) is 27.4. The van der Waals surface area contributed by atoms with Crippen LogP contribution in [0.25, 0.3) is 0 Å². The molecule has 2 aliphatic heterocycles. The third-order valence-corrected chi connectivity index (χ3v) is 8.63. The SMILES string of the molecule is O=C(CCCC[C@@H]1SC[C@@H]2NC(=O)N[C@@H]21)NCCCCN(CCc1ccccn1)CCc1ccccn1. The van der Waals surface area contributed by atoms with Gasteiger partial charge in [0.25, 0.3) is 0 Å². The number of rotatable bonds is 16. The number of hydrogen-bond donors (Lipinski definition) is 3. The summed E-state index contributed by atoms with van der Waals surface area (Å²) in [5, 5.41) is 9.57. The van der Waals surface area contributed by atoms with E-state index >= 15 is 0 Å². The molecule has 2 fully saturated rings. The van der Waals surface area contributed by atoms with Gasteiger partial charge >= 0.3 is 6.03 Å². The molecule has 0 saturated carbocycles. The Balaban J connectivity index is 1.07. The molecule has 4 heterocycles. The van der Waals surface area contributed by atoms with Crippen LogP contribution in [-0.4, -0.2) is 76.1 Å². The molecule has 0 unspecified atom stereocenters. The molecule has 0 aliphatic carbocycles. The van der Waals surface area contributed by atoms with Crippen molar-refractivity contribution in [1.29, 1.82) is 0 Å².